The minimum Gasteiger partial charge on any atom is -0.338 e. The molecule has 1 fully saturated rings. The SMILES string of the molecule is N#Cc1cccc(C(=O)N2CCC[C@H](c3nc4ccccc4s3)C2)c1. The number of amides is 1. The third-order valence-electron chi connectivity index (χ3n) is 4.61. The van der Waals surface area contributed by atoms with Crippen LogP contribution < -0.4 is 0 Å². The predicted molar refractivity (Wildman–Crippen MR) is 98.7 cm³/mol. The molecule has 1 aliphatic heterocycles. The topological polar surface area (TPSA) is 57.0 Å². The number of hydrogen-bond acceptors (Lipinski definition) is 4. The Labute approximate surface area is 150 Å². The number of nitrogens with zero attached hydrogens (tertiary/aromatic N) is 3. The lowest BCUT2D eigenvalue weighted by Gasteiger charge is -2.32. The van der Waals surface area contributed by atoms with Gasteiger partial charge in [-0.15, -0.1) is 11.3 Å². The lowest BCUT2D eigenvalue weighted by atomic mass is 9.98. The summed E-state index contributed by atoms with van der Waals surface area (Å²) in [6.07, 6.45) is 2.03. The monoisotopic (exact) mass is 347 g/mol. The molecule has 3 aromatic rings. The Balaban J connectivity index is 1.56. The summed E-state index contributed by atoms with van der Waals surface area (Å²) in [5, 5.41) is 10.1. The number of benzene rings is 2. The second-order valence-electron chi connectivity index (χ2n) is 6.30. The van der Waals surface area contributed by atoms with Gasteiger partial charge in [0.2, 0.25) is 0 Å². The van der Waals surface area contributed by atoms with Gasteiger partial charge in [-0.3, -0.25) is 4.79 Å². The molecule has 1 saturated heterocycles. The maximum atomic E-state index is 12.8. The highest BCUT2D eigenvalue weighted by Gasteiger charge is 2.27. The van der Waals surface area contributed by atoms with Crippen LogP contribution in [0.4, 0.5) is 0 Å². The average molecular weight is 347 g/mol. The molecule has 0 N–H and O–H groups in total. The Morgan fingerprint density at radius 1 is 1.24 bits per heavy atom. The van der Waals surface area contributed by atoms with E-state index >= 15 is 0 Å². The molecule has 5 heteroatoms. The minimum atomic E-state index is 0.00270. The van der Waals surface area contributed by atoms with Crippen molar-refractivity contribution in [3.63, 3.8) is 0 Å². The van der Waals surface area contributed by atoms with Gasteiger partial charge in [-0.25, -0.2) is 4.98 Å². The van der Waals surface area contributed by atoms with E-state index in [-0.39, 0.29) is 11.8 Å². The maximum absolute atomic E-state index is 12.8. The zero-order chi connectivity index (χ0) is 17.2. The summed E-state index contributed by atoms with van der Waals surface area (Å²) < 4.78 is 1.20. The molecule has 0 bridgehead atoms. The van der Waals surface area contributed by atoms with Crippen LogP contribution in [-0.2, 0) is 0 Å². The van der Waals surface area contributed by atoms with E-state index in [1.807, 2.05) is 23.1 Å². The fourth-order valence-corrected chi connectivity index (χ4v) is 4.43. The average Bonchev–Trinajstić information content (AvgIpc) is 3.12. The van der Waals surface area contributed by atoms with Gasteiger partial charge in [0.1, 0.15) is 0 Å². The van der Waals surface area contributed by atoms with Gasteiger partial charge in [-0.2, -0.15) is 5.26 Å². The number of thiazole rings is 1. The molecule has 1 atom stereocenters. The van der Waals surface area contributed by atoms with Crippen LogP contribution in [0.15, 0.2) is 48.5 Å². The number of rotatable bonds is 2. The summed E-state index contributed by atoms with van der Waals surface area (Å²) in [5.41, 5.74) is 2.14. The summed E-state index contributed by atoms with van der Waals surface area (Å²) in [6, 6.07) is 17.2. The first kappa shape index (κ1) is 15.8. The van der Waals surface area contributed by atoms with Gasteiger partial charge in [0.05, 0.1) is 26.9 Å². The highest BCUT2D eigenvalue weighted by molar-refractivity contribution is 7.18. The molecule has 1 aliphatic rings. The summed E-state index contributed by atoms with van der Waals surface area (Å²) in [4.78, 5) is 19.5. The Morgan fingerprint density at radius 2 is 2.12 bits per heavy atom. The van der Waals surface area contributed by atoms with E-state index in [9.17, 15) is 4.79 Å². The second-order valence-corrected chi connectivity index (χ2v) is 7.36. The lowest BCUT2D eigenvalue weighted by molar-refractivity contribution is 0.0707. The first-order valence-electron chi connectivity index (χ1n) is 8.39. The molecule has 124 valence electrons. The van der Waals surface area contributed by atoms with E-state index in [4.69, 9.17) is 10.2 Å². The van der Waals surface area contributed by atoms with Gasteiger partial charge in [0.15, 0.2) is 0 Å². The molecule has 0 unspecified atom stereocenters. The minimum absolute atomic E-state index is 0.00270. The predicted octanol–water partition coefficient (Wildman–Crippen LogP) is 4.19. The van der Waals surface area contributed by atoms with Gasteiger partial charge >= 0.3 is 0 Å². The van der Waals surface area contributed by atoms with Crippen molar-refractivity contribution in [3.05, 3.63) is 64.7 Å². The number of carbonyl (C=O) groups is 1. The van der Waals surface area contributed by atoms with Gasteiger partial charge in [0, 0.05) is 24.6 Å². The largest absolute Gasteiger partial charge is 0.338 e. The fraction of sp³-hybridized carbons (Fsp3) is 0.250. The number of nitriles is 1. The molecule has 2 heterocycles. The van der Waals surface area contributed by atoms with Crippen LogP contribution in [0.3, 0.4) is 0 Å². The quantitative estimate of drug-likeness (QED) is 0.698. The zero-order valence-electron chi connectivity index (χ0n) is 13.7. The highest BCUT2D eigenvalue weighted by Crippen LogP contribution is 2.33. The molecule has 1 amide bonds. The fourth-order valence-electron chi connectivity index (χ4n) is 3.33. The number of aromatic nitrogens is 1. The van der Waals surface area contributed by atoms with Crippen molar-refractivity contribution in [3.8, 4) is 6.07 Å². The normalized spacial score (nSPS) is 17.4. The molecule has 0 radical (unpaired) electrons. The highest BCUT2D eigenvalue weighted by atomic mass is 32.1. The van der Waals surface area contributed by atoms with Crippen LogP contribution in [0.2, 0.25) is 0 Å². The number of likely N-dealkylation sites (tertiary alicyclic amines) is 1. The zero-order valence-corrected chi connectivity index (χ0v) is 14.5. The van der Waals surface area contributed by atoms with Crippen molar-refractivity contribution >= 4 is 27.5 Å². The smallest absolute Gasteiger partial charge is 0.253 e. The molecule has 0 saturated carbocycles. The van der Waals surface area contributed by atoms with Crippen LogP contribution in [0.1, 0.15) is 39.7 Å². The van der Waals surface area contributed by atoms with E-state index < -0.39 is 0 Å². The molecular weight excluding hydrogens is 330 g/mol. The molecule has 0 aliphatic carbocycles. The Kier molecular flexibility index (Phi) is 4.21. The summed E-state index contributed by atoms with van der Waals surface area (Å²) in [5.74, 6) is 0.289. The van der Waals surface area contributed by atoms with E-state index in [1.54, 1.807) is 35.6 Å². The van der Waals surface area contributed by atoms with E-state index in [1.165, 1.54) is 4.70 Å². The molecular formula is C20H17N3OS. The molecule has 4 nitrogen and oxygen atoms in total. The number of fused-ring (bicyclic) bond motifs is 1. The lowest BCUT2D eigenvalue weighted by Crippen LogP contribution is -2.39. The van der Waals surface area contributed by atoms with E-state index in [0.29, 0.717) is 17.7 Å². The van der Waals surface area contributed by atoms with Crippen molar-refractivity contribution in [2.24, 2.45) is 0 Å². The molecule has 1 aromatic heterocycles. The second kappa shape index (κ2) is 6.66. The molecule has 0 spiro atoms. The van der Waals surface area contributed by atoms with E-state index in [0.717, 1.165) is 29.9 Å². The molecule has 4 rings (SSSR count). The standard InChI is InChI=1S/C20H17N3OS/c21-12-14-5-3-6-15(11-14)20(24)23-10-4-7-16(13-23)19-22-17-8-1-2-9-18(17)25-19/h1-3,5-6,8-9,11,16H,4,7,10,13H2/t16-/m0/s1. The van der Waals surface area contributed by atoms with Crippen molar-refractivity contribution in [1.82, 2.24) is 9.88 Å². The number of piperidine rings is 1. The number of hydrogen-bond donors (Lipinski definition) is 0. The third-order valence-corrected chi connectivity index (χ3v) is 5.81. The first-order chi connectivity index (χ1) is 12.2. The van der Waals surface area contributed by atoms with Crippen LogP contribution in [-0.4, -0.2) is 28.9 Å². The van der Waals surface area contributed by atoms with Gasteiger partial charge in [-0.1, -0.05) is 18.2 Å². The van der Waals surface area contributed by atoms with Crippen LogP contribution in [0, 0.1) is 11.3 Å². The number of para-hydroxylation sites is 1. The van der Waals surface area contributed by atoms with Crippen LogP contribution in [0.5, 0.6) is 0 Å². The van der Waals surface area contributed by atoms with Gasteiger partial charge in [0.25, 0.3) is 5.91 Å². The maximum Gasteiger partial charge on any atom is 0.253 e. The third kappa shape index (κ3) is 3.13. The molecule has 2 aromatic carbocycles. The molecule has 25 heavy (non-hydrogen) atoms. The van der Waals surface area contributed by atoms with Gasteiger partial charge in [-0.05, 0) is 43.2 Å². The Morgan fingerprint density at radius 3 is 2.96 bits per heavy atom. The van der Waals surface area contributed by atoms with Crippen LogP contribution in [0.25, 0.3) is 10.2 Å². The van der Waals surface area contributed by atoms with Gasteiger partial charge < -0.3 is 4.90 Å². The number of carbonyl (C=O) groups excluding carboxylic acids is 1. The van der Waals surface area contributed by atoms with Crippen molar-refractivity contribution in [2.75, 3.05) is 13.1 Å². The Hall–Kier alpha value is -2.71. The summed E-state index contributed by atoms with van der Waals surface area (Å²) in [7, 11) is 0. The van der Waals surface area contributed by atoms with Crippen molar-refractivity contribution < 1.29 is 4.79 Å². The van der Waals surface area contributed by atoms with Crippen molar-refractivity contribution in [2.45, 2.75) is 18.8 Å². The first-order valence-corrected chi connectivity index (χ1v) is 9.21. The van der Waals surface area contributed by atoms with Crippen molar-refractivity contribution in [1.29, 1.82) is 5.26 Å². The van der Waals surface area contributed by atoms with Crippen LogP contribution >= 0.6 is 11.3 Å². The summed E-state index contributed by atoms with van der Waals surface area (Å²) in [6.45, 7) is 1.45. The Bertz CT molecular complexity index is 939. The van der Waals surface area contributed by atoms with E-state index in [2.05, 4.69) is 12.1 Å². The summed E-state index contributed by atoms with van der Waals surface area (Å²) >= 11 is 1.73.